The summed E-state index contributed by atoms with van der Waals surface area (Å²) in [6, 6.07) is 0.169. The summed E-state index contributed by atoms with van der Waals surface area (Å²) in [4.78, 5) is 17.6. The van der Waals surface area contributed by atoms with Crippen LogP contribution in [0.1, 0.15) is 201 Å². The maximum absolute atomic E-state index is 12.8. The lowest BCUT2D eigenvalue weighted by Gasteiger charge is -2.30. The highest BCUT2D eigenvalue weighted by Gasteiger charge is 2.29. The molecule has 1 amide bonds. The van der Waals surface area contributed by atoms with Crippen molar-refractivity contribution in [2.75, 3.05) is 13.1 Å². The molecule has 1 rings (SSSR count). The number of hydrogen-bond donors (Lipinski definition) is 2. The first kappa shape index (κ1) is 42.4. The van der Waals surface area contributed by atoms with Gasteiger partial charge in [0, 0.05) is 24.9 Å². The van der Waals surface area contributed by atoms with E-state index in [9.17, 15) is 4.79 Å². The second-order valence-corrected chi connectivity index (χ2v) is 14.4. The number of carbonyl (C=O) groups excluding carboxylic acids is 1. The van der Waals surface area contributed by atoms with Crippen molar-refractivity contribution in [1.29, 1.82) is 0 Å². The SMILES string of the molecule is CCCCCCCCC=CCCCCCCCC(=O)NC(C)C(C)C(CCCCCCC=CCCCCCCCC)C1=NCCN1. The third-order valence-corrected chi connectivity index (χ3v) is 10.1. The Bertz CT molecular complexity index is 773. The molecule has 0 aromatic carbocycles. The minimum absolute atomic E-state index is 0.169. The molecule has 1 heterocycles. The Morgan fingerprint density at radius 3 is 1.54 bits per heavy atom. The first-order valence-electron chi connectivity index (χ1n) is 20.5. The van der Waals surface area contributed by atoms with E-state index in [4.69, 9.17) is 4.99 Å². The summed E-state index contributed by atoms with van der Waals surface area (Å²) in [6.07, 6.45) is 44.1. The fraction of sp³-hybridized carbons (Fsp3) is 0.857. The van der Waals surface area contributed by atoms with Gasteiger partial charge in [-0.25, -0.2) is 0 Å². The van der Waals surface area contributed by atoms with Crippen molar-refractivity contribution in [2.24, 2.45) is 16.8 Å². The van der Waals surface area contributed by atoms with E-state index in [0.717, 1.165) is 32.4 Å². The van der Waals surface area contributed by atoms with E-state index in [1.165, 1.54) is 154 Å². The van der Waals surface area contributed by atoms with E-state index >= 15 is 0 Å². The van der Waals surface area contributed by atoms with Gasteiger partial charge in [-0.05, 0) is 77.0 Å². The number of amidine groups is 1. The number of nitrogens with one attached hydrogen (secondary N) is 2. The van der Waals surface area contributed by atoms with Gasteiger partial charge in [0.2, 0.25) is 5.91 Å². The highest BCUT2D eigenvalue weighted by Crippen LogP contribution is 2.25. The Labute approximate surface area is 287 Å². The zero-order chi connectivity index (χ0) is 33.3. The van der Waals surface area contributed by atoms with E-state index in [2.05, 4.69) is 62.6 Å². The Morgan fingerprint density at radius 1 is 0.652 bits per heavy atom. The highest BCUT2D eigenvalue weighted by atomic mass is 16.1. The van der Waals surface area contributed by atoms with Gasteiger partial charge < -0.3 is 10.6 Å². The van der Waals surface area contributed by atoms with Crippen molar-refractivity contribution in [3.63, 3.8) is 0 Å². The van der Waals surface area contributed by atoms with Gasteiger partial charge in [-0.15, -0.1) is 0 Å². The van der Waals surface area contributed by atoms with Gasteiger partial charge in [-0.3, -0.25) is 9.79 Å². The quantitative estimate of drug-likeness (QED) is 0.0553. The molecule has 268 valence electrons. The summed E-state index contributed by atoms with van der Waals surface area (Å²) in [7, 11) is 0. The third kappa shape index (κ3) is 24.6. The molecule has 0 spiro atoms. The molecule has 0 bridgehead atoms. The van der Waals surface area contributed by atoms with Crippen LogP contribution < -0.4 is 10.6 Å². The predicted octanol–water partition coefficient (Wildman–Crippen LogP) is 12.4. The molecular weight excluding hydrogens is 562 g/mol. The van der Waals surface area contributed by atoms with Crippen LogP contribution in [-0.4, -0.2) is 30.9 Å². The number of unbranched alkanes of at least 4 members (excludes halogenated alkanes) is 21. The summed E-state index contributed by atoms with van der Waals surface area (Å²) in [5, 5.41) is 6.90. The second kappa shape index (κ2) is 32.0. The van der Waals surface area contributed by atoms with Crippen LogP contribution in [0.4, 0.5) is 0 Å². The molecule has 0 fully saturated rings. The molecule has 4 heteroatoms. The third-order valence-electron chi connectivity index (χ3n) is 10.1. The lowest BCUT2D eigenvalue weighted by Crippen LogP contribution is -2.43. The fourth-order valence-corrected chi connectivity index (χ4v) is 6.73. The summed E-state index contributed by atoms with van der Waals surface area (Å²) in [5.74, 6) is 2.20. The number of aliphatic imine (C=N–C) groups is 1. The van der Waals surface area contributed by atoms with Gasteiger partial charge >= 0.3 is 0 Å². The highest BCUT2D eigenvalue weighted by molar-refractivity contribution is 5.86. The summed E-state index contributed by atoms with van der Waals surface area (Å²) >= 11 is 0. The molecule has 0 aliphatic carbocycles. The van der Waals surface area contributed by atoms with E-state index < -0.39 is 0 Å². The average molecular weight is 642 g/mol. The van der Waals surface area contributed by atoms with Crippen LogP contribution in [0.15, 0.2) is 29.3 Å². The maximum Gasteiger partial charge on any atom is 0.220 e. The predicted molar refractivity (Wildman–Crippen MR) is 205 cm³/mol. The van der Waals surface area contributed by atoms with Gasteiger partial charge in [-0.2, -0.15) is 0 Å². The van der Waals surface area contributed by atoms with E-state index in [-0.39, 0.29) is 11.9 Å². The van der Waals surface area contributed by atoms with Crippen molar-refractivity contribution >= 4 is 11.7 Å². The number of rotatable bonds is 33. The first-order valence-corrected chi connectivity index (χ1v) is 20.5. The maximum atomic E-state index is 12.8. The summed E-state index contributed by atoms with van der Waals surface area (Å²) in [5.41, 5.74) is 0. The minimum atomic E-state index is 0.169. The zero-order valence-corrected chi connectivity index (χ0v) is 31.4. The van der Waals surface area contributed by atoms with Crippen LogP contribution in [0.2, 0.25) is 0 Å². The number of carbonyl (C=O) groups is 1. The topological polar surface area (TPSA) is 53.5 Å². The van der Waals surface area contributed by atoms with Crippen molar-refractivity contribution in [2.45, 2.75) is 207 Å². The van der Waals surface area contributed by atoms with Crippen LogP contribution in [0, 0.1) is 11.8 Å². The standard InChI is InChI=1S/C42H79N3O/c1-5-7-9-11-13-15-17-19-21-23-25-27-29-31-33-35-41(46)45-39(4)38(3)40(42-43-36-37-44-42)34-32-30-28-26-24-22-20-18-16-14-12-10-8-6-2/h19-22,38-40H,5-18,23-37H2,1-4H3,(H,43,44)(H,45,46). The molecule has 46 heavy (non-hydrogen) atoms. The lowest BCUT2D eigenvalue weighted by molar-refractivity contribution is -0.122. The van der Waals surface area contributed by atoms with Crippen LogP contribution in [0.5, 0.6) is 0 Å². The average Bonchev–Trinajstić information content (AvgIpc) is 3.59. The van der Waals surface area contributed by atoms with Gasteiger partial charge in [0.1, 0.15) is 0 Å². The molecule has 3 unspecified atom stereocenters. The van der Waals surface area contributed by atoms with E-state index in [1.807, 2.05) is 0 Å². The molecule has 0 radical (unpaired) electrons. The molecular formula is C42H79N3O. The number of hydrogen-bond acceptors (Lipinski definition) is 3. The van der Waals surface area contributed by atoms with Crippen LogP contribution in [-0.2, 0) is 4.79 Å². The Morgan fingerprint density at radius 2 is 1.09 bits per heavy atom. The number of allylic oxidation sites excluding steroid dienone is 4. The Hall–Kier alpha value is -1.58. The molecule has 0 aromatic rings. The molecule has 1 aliphatic rings. The monoisotopic (exact) mass is 642 g/mol. The van der Waals surface area contributed by atoms with Gasteiger partial charge in [0.15, 0.2) is 0 Å². The molecule has 0 saturated heterocycles. The normalized spacial score (nSPS) is 15.3. The Balaban J connectivity index is 2.14. The largest absolute Gasteiger partial charge is 0.372 e. The molecule has 4 nitrogen and oxygen atoms in total. The van der Waals surface area contributed by atoms with Crippen molar-refractivity contribution < 1.29 is 4.79 Å². The van der Waals surface area contributed by atoms with Gasteiger partial charge in [-0.1, -0.05) is 148 Å². The number of nitrogens with zero attached hydrogens (tertiary/aromatic N) is 1. The van der Waals surface area contributed by atoms with Gasteiger partial charge in [0.25, 0.3) is 0 Å². The summed E-state index contributed by atoms with van der Waals surface area (Å²) < 4.78 is 0. The molecule has 0 aromatic heterocycles. The van der Waals surface area contributed by atoms with Crippen molar-refractivity contribution in [1.82, 2.24) is 10.6 Å². The molecule has 3 atom stereocenters. The lowest BCUT2D eigenvalue weighted by atomic mass is 9.83. The van der Waals surface area contributed by atoms with Crippen LogP contribution in [0.25, 0.3) is 0 Å². The first-order chi connectivity index (χ1) is 22.6. The van der Waals surface area contributed by atoms with Gasteiger partial charge in [0.05, 0.1) is 12.4 Å². The number of amides is 1. The van der Waals surface area contributed by atoms with Crippen LogP contribution >= 0.6 is 0 Å². The van der Waals surface area contributed by atoms with E-state index in [0.29, 0.717) is 18.3 Å². The second-order valence-electron chi connectivity index (χ2n) is 14.4. The molecule has 1 aliphatic heterocycles. The fourth-order valence-electron chi connectivity index (χ4n) is 6.73. The van der Waals surface area contributed by atoms with Crippen molar-refractivity contribution in [3.05, 3.63) is 24.3 Å². The molecule has 0 saturated carbocycles. The van der Waals surface area contributed by atoms with E-state index in [1.54, 1.807) is 0 Å². The Kier molecular flexibility index (Phi) is 29.5. The zero-order valence-electron chi connectivity index (χ0n) is 31.4. The van der Waals surface area contributed by atoms with Crippen LogP contribution in [0.3, 0.4) is 0 Å². The molecule has 2 N–H and O–H groups in total. The summed E-state index contributed by atoms with van der Waals surface area (Å²) in [6.45, 7) is 10.9. The van der Waals surface area contributed by atoms with Crippen molar-refractivity contribution in [3.8, 4) is 0 Å². The smallest absolute Gasteiger partial charge is 0.220 e. The minimum Gasteiger partial charge on any atom is -0.372 e.